The average Bonchev–Trinajstić information content (AvgIpc) is 2.60. The van der Waals surface area contributed by atoms with Gasteiger partial charge in [0, 0.05) is 11.1 Å². The van der Waals surface area contributed by atoms with E-state index >= 15 is 0 Å². The third kappa shape index (κ3) is 1.52. The van der Waals surface area contributed by atoms with Gasteiger partial charge < -0.3 is 15.5 Å². The molecule has 1 aromatic heterocycles. The number of aromatic amines is 1. The second kappa shape index (κ2) is 3.27. The van der Waals surface area contributed by atoms with Crippen LogP contribution in [0, 0.1) is 5.82 Å². The largest absolute Gasteiger partial charge is 0.464 e. The smallest absolute Gasteiger partial charge is 0.354 e. The van der Waals surface area contributed by atoms with Crippen molar-refractivity contribution in [2.45, 2.75) is 0 Å². The fourth-order valence-electron chi connectivity index (χ4n) is 1.43. The van der Waals surface area contributed by atoms with Gasteiger partial charge in [0.1, 0.15) is 11.5 Å². The van der Waals surface area contributed by atoms with Crippen LogP contribution in [0.4, 0.5) is 10.1 Å². The van der Waals surface area contributed by atoms with Crippen molar-refractivity contribution in [3.05, 3.63) is 29.7 Å². The van der Waals surface area contributed by atoms with E-state index < -0.39 is 11.8 Å². The number of halogens is 1. The molecule has 0 spiro atoms. The molecule has 5 heteroatoms. The minimum absolute atomic E-state index is 0.206. The van der Waals surface area contributed by atoms with Crippen LogP contribution in [0.1, 0.15) is 10.5 Å². The maximum Gasteiger partial charge on any atom is 0.354 e. The van der Waals surface area contributed by atoms with Crippen LogP contribution in [-0.4, -0.2) is 18.1 Å². The molecule has 2 aromatic rings. The number of hydrogen-bond donors (Lipinski definition) is 2. The molecule has 1 aromatic carbocycles. The van der Waals surface area contributed by atoms with E-state index in [9.17, 15) is 9.18 Å². The highest BCUT2D eigenvalue weighted by atomic mass is 19.1. The Morgan fingerprint density at radius 2 is 2.20 bits per heavy atom. The van der Waals surface area contributed by atoms with Crippen molar-refractivity contribution in [2.75, 3.05) is 12.8 Å². The number of hydrogen-bond acceptors (Lipinski definition) is 3. The molecule has 0 saturated heterocycles. The number of carbonyl (C=O) groups is 1. The summed E-state index contributed by atoms with van der Waals surface area (Å²) in [7, 11) is 1.26. The number of carbonyl (C=O) groups excluding carboxylic acids is 1. The van der Waals surface area contributed by atoms with Gasteiger partial charge in [0.25, 0.3) is 0 Å². The number of nitrogens with two attached hydrogens (primary N) is 1. The standard InChI is InChI=1S/C10H9FN2O2/c1-15-10(14)9-4-6-7(11)2-5(12)3-8(6)13-9/h2-4,13H,12H2,1H3. The third-order valence-electron chi connectivity index (χ3n) is 2.12. The fraction of sp³-hybridized carbons (Fsp3) is 0.100. The van der Waals surface area contributed by atoms with E-state index in [0.717, 1.165) is 0 Å². The molecule has 2 rings (SSSR count). The van der Waals surface area contributed by atoms with Crippen molar-refractivity contribution in [1.29, 1.82) is 0 Å². The number of aromatic nitrogens is 1. The van der Waals surface area contributed by atoms with Crippen LogP contribution in [0.2, 0.25) is 0 Å². The van der Waals surface area contributed by atoms with Crippen molar-refractivity contribution in [3.8, 4) is 0 Å². The van der Waals surface area contributed by atoms with Gasteiger partial charge in [-0.25, -0.2) is 9.18 Å². The molecule has 0 atom stereocenters. The van der Waals surface area contributed by atoms with Crippen LogP contribution in [0.3, 0.4) is 0 Å². The highest BCUT2D eigenvalue weighted by Crippen LogP contribution is 2.22. The fourth-order valence-corrected chi connectivity index (χ4v) is 1.43. The van der Waals surface area contributed by atoms with Crippen LogP contribution < -0.4 is 5.73 Å². The Bertz CT molecular complexity index is 533. The molecule has 0 aliphatic heterocycles. The van der Waals surface area contributed by atoms with Gasteiger partial charge in [0.05, 0.1) is 12.6 Å². The van der Waals surface area contributed by atoms with E-state index in [0.29, 0.717) is 16.6 Å². The molecule has 0 bridgehead atoms. The van der Waals surface area contributed by atoms with Crippen molar-refractivity contribution in [3.63, 3.8) is 0 Å². The Labute approximate surface area is 84.8 Å². The summed E-state index contributed by atoms with van der Waals surface area (Å²) < 4.78 is 17.9. The Kier molecular flexibility index (Phi) is 2.07. The maximum atomic E-state index is 13.4. The first-order chi connectivity index (χ1) is 7.11. The second-order valence-corrected chi connectivity index (χ2v) is 3.14. The lowest BCUT2D eigenvalue weighted by Crippen LogP contribution is -2.00. The molecule has 0 fully saturated rings. The highest BCUT2D eigenvalue weighted by molar-refractivity contribution is 5.95. The number of ether oxygens (including phenoxy) is 1. The molecule has 0 radical (unpaired) electrons. The first-order valence-corrected chi connectivity index (χ1v) is 4.28. The average molecular weight is 208 g/mol. The molecule has 1 heterocycles. The number of nitrogens with one attached hydrogen (secondary N) is 1. The zero-order chi connectivity index (χ0) is 11.0. The lowest BCUT2D eigenvalue weighted by Gasteiger charge is -1.94. The molecule has 3 N–H and O–H groups in total. The van der Waals surface area contributed by atoms with Crippen molar-refractivity contribution >= 4 is 22.6 Å². The molecule has 0 amide bonds. The molecule has 0 saturated carbocycles. The molecular formula is C10H9FN2O2. The Morgan fingerprint density at radius 3 is 2.87 bits per heavy atom. The molecule has 78 valence electrons. The number of benzene rings is 1. The van der Waals surface area contributed by atoms with E-state index in [4.69, 9.17) is 5.73 Å². The summed E-state index contributed by atoms with van der Waals surface area (Å²) >= 11 is 0. The van der Waals surface area contributed by atoms with Crippen LogP contribution in [0.5, 0.6) is 0 Å². The van der Waals surface area contributed by atoms with E-state index in [2.05, 4.69) is 9.72 Å². The zero-order valence-electron chi connectivity index (χ0n) is 8.00. The summed E-state index contributed by atoms with van der Waals surface area (Å²) in [5, 5.41) is 0.324. The maximum absolute atomic E-state index is 13.4. The van der Waals surface area contributed by atoms with Gasteiger partial charge in [0.15, 0.2) is 0 Å². The predicted octanol–water partition coefficient (Wildman–Crippen LogP) is 1.68. The van der Waals surface area contributed by atoms with Crippen molar-refractivity contribution < 1.29 is 13.9 Å². The predicted molar refractivity (Wildman–Crippen MR) is 54.0 cm³/mol. The van der Waals surface area contributed by atoms with Crippen molar-refractivity contribution in [2.24, 2.45) is 0 Å². The number of H-pyrrole nitrogens is 1. The molecule has 0 aliphatic carbocycles. The van der Waals surface area contributed by atoms with Gasteiger partial charge >= 0.3 is 5.97 Å². The Hall–Kier alpha value is -2.04. The molecule has 0 aliphatic rings. The second-order valence-electron chi connectivity index (χ2n) is 3.14. The Balaban J connectivity index is 2.65. The van der Waals surface area contributed by atoms with E-state index in [1.165, 1.54) is 19.2 Å². The quantitative estimate of drug-likeness (QED) is 0.553. The Morgan fingerprint density at radius 1 is 1.47 bits per heavy atom. The van der Waals surface area contributed by atoms with E-state index in [1.807, 2.05) is 0 Å². The number of esters is 1. The van der Waals surface area contributed by atoms with Gasteiger partial charge in [-0.15, -0.1) is 0 Å². The third-order valence-corrected chi connectivity index (χ3v) is 2.12. The van der Waals surface area contributed by atoms with Crippen LogP contribution in [0.15, 0.2) is 18.2 Å². The first-order valence-electron chi connectivity index (χ1n) is 4.28. The monoisotopic (exact) mass is 208 g/mol. The number of fused-ring (bicyclic) bond motifs is 1. The van der Waals surface area contributed by atoms with Gasteiger partial charge in [-0.3, -0.25) is 0 Å². The summed E-state index contributed by atoms with van der Waals surface area (Å²) in [6.45, 7) is 0. The minimum Gasteiger partial charge on any atom is -0.464 e. The summed E-state index contributed by atoms with van der Waals surface area (Å²) in [6, 6.07) is 4.16. The summed E-state index contributed by atoms with van der Waals surface area (Å²) in [5.74, 6) is -0.999. The zero-order valence-corrected chi connectivity index (χ0v) is 8.00. The van der Waals surface area contributed by atoms with Crippen LogP contribution >= 0.6 is 0 Å². The summed E-state index contributed by atoms with van der Waals surface area (Å²) in [6.07, 6.45) is 0. The molecule has 15 heavy (non-hydrogen) atoms. The van der Waals surface area contributed by atoms with Gasteiger partial charge in [0.2, 0.25) is 0 Å². The number of nitrogen functional groups attached to an aromatic ring is 1. The van der Waals surface area contributed by atoms with Crippen molar-refractivity contribution in [1.82, 2.24) is 4.98 Å². The van der Waals surface area contributed by atoms with Gasteiger partial charge in [-0.1, -0.05) is 0 Å². The van der Waals surface area contributed by atoms with E-state index in [-0.39, 0.29) is 5.69 Å². The normalized spacial score (nSPS) is 10.5. The number of methoxy groups -OCH3 is 1. The summed E-state index contributed by atoms with van der Waals surface area (Å²) in [4.78, 5) is 13.9. The van der Waals surface area contributed by atoms with Gasteiger partial charge in [-0.05, 0) is 18.2 Å². The number of anilines is 1. The highest BCUT2D eigenvalue weighted by Gasteiger charge is 2.12. The van der Waals surface area contributed by atoms with Gasteiger partial charge in [-0.2, -0.15) is 0 Å². The van der Waals surface area contributed by atoms with Crippen LogP contribution in [0.25, 0.3) is 10.9 Å². The summed E-state index contributed by atoms with van der Waals surface area (Å²) in [5.41, 5.74) is 6.46. The lowest BCUT2D eigenvalue weighted by atomic mass is 10.2. The SMILES string of the molecule is COC(=O)c1cc2c(F)cc(N)cc2[nH]1. The molecule has 0 unspecified atom stereocenters. The number of rotatable bonds is 1. The lowest BCUT2D eigenvalue weighted by molar-refractivity contribution is 0.0595. The molecule has 4 nitrogen and oxygen atoms in total. The van der Waals surface area contributed by atoms with E-state index in [1.54, 1.807) is 6.07 Å². The topological polar surface area (TPSA) is 68.1 Å². The molecular weight excluding hydrogens is 199 g/mol. The van der Waals surface area contributed by atoms with Crippen LogP contribution in [-0.2, 0) is 4.74 Å². The first kappa shape index (κ1) is 9.51. The minimum atomic E-state index is -0.538.